The molecule has 0 aromatic heterocycles. The van der Waals surface area contributed by atoms with E-state index in [9.17, 15) is 22.4 Å². The highest BCUT2D eigenvalue weighted by molar-refractivity contribution is 7.94. The molecule has 1 heterocycles. The Labute approximate surface area is 114 Å². The Morgan fingerprint density at radius 1 is 1.40 bits per heavy atom. The molecule has 1 aliphatic rings. The summed E-state index contributed by atoms with van der Waals surface area (Å²) in [7, 11) is -3.74. The standard InChI is InChI=1S/C12H12FNO5S/c1-12(2)11(17)14(20(12,18)19)6-7-3-4-8(10(15)16)9(13)5-7/h3-5H,6H2,1-2H3,(H,15,16). The maximum Gasteiger partial charge on any atom is 0.338 e. The van der Waals surface area contributed by atoms with Gasteiger partial charge in [0.25, 0.3) is 15.9 Å². The number of hydrogen-bond acceptors (Lipinski definition) is 4. The molecule has 2 rings (SSSR count). The van der Waals surface area contributed by atoms with E-state index in [-0.39, 0.29) is 12.1 Å². The maximum atomic E-state index is 13.5. The molecule has 20 heavy (non-hydrogen) atoms. The molecule has 1 saturated heterocycles. The summed E-state index contributed by atoms with van der Waals surface area (Å²) in [6.45, 7) is 2.30. The number of carboxylic acid groups (broad SMARTS) is 1. The van der Waals surface area contributed by atoms with E-state index in [1.54, 1.807) is 0 Å². The summed E-state index contributed by atoms with van der Waals surface area (Å²) in [5.74, 6) is -2.96. The predicted molar refractivity (Wildman–Crippen MR) is 66.9 cm³/mol. The molecule has 108 valence electrons. The first-order valence-electron chi connectivity index (χ1n) is 5.67. The summed E-state index contributed by atoms with van der Waals surface area (Å²) in [6, 6.07) is 3.23. The van der Waals surface area contributed by atoms with Gasteiger partial charge in [0.15, 0.2) is 4.75 Å². The van der Waals surface area contributed by atoms with Crippen molar-refractivity contribution in [2.24, 2.45) is 0 Å². The number of benzene rings is 1. The molecule has 0 spiro atoms. The highest BCUT2D eigenvalue weighted by atomic mass is 32.2. The second-order valence-corrected chi connectivity index (χ2v) is 7.36. The first-order chi connectivity index (χ1) is 9.09. The van der Waals surface area contributed by atoms with Crippen molar-refractivity contribution in [1.29, 1.82) is 0 Å². The van der Waals surface area contributed by atoms with Gasteiger partial charge < -0.3 is 5.11 Å². The fourth-order valence-electron chi connectivity index (χ4n) is 1.91. The third-order valence-electron chi connectivity index (χ3n) is 3.27. The maximum absolute atomic E-state index is 13.5. The molecule has 0 saturated carbocycles. The smallest absolute Gasteiger partial charge is 0.338 e. The lowest BCUT2D eigenvalue weighted by atomic mass is 10.1. The number of carbonyl (C=O) groups excluding carboxylic acids is 1. The summed E-state index contributed by atoms with van der Waals surface area (Å²) < 4.78 is 36.4. The molecule has 0 bridgehead atoms. The van der Waals surface area contributed by atoms with E-state index in [0.29, 0.717) is 4.31 Å². The van der Waals surface area contributed by atoms with Crippen molar-refractivity contribution >= 4 is 21.9 Å². The van der Waals surface area contributed by atoms with Crippen LogP contribution < -0.4 is 0 Å². The monoisotopic (exact) mass is 301 g/mol. The van der Waals surface area contributed by atoms with Crippen molar-refractivity contribution in [1.82, 2.24) is 4.31 Å². The highest BCUT2D eigenvalue weighted by Gasteiger charge is 2.59. The van der Waals surface area contributed by atoms with Crippen molar-refractivity contribution in [3.05, 3.63) is 35.1 Å². The van der Waals surface area contributed by atoms with Gasteiger partial charge >= 0.3 is 5.97 Å². The topological polar surface area (TPSA) is 91.8 Å². The Hall–Kier alpha value is -1.96. The van der Waals surface area contributed by atoms with E-state index < -0.39 is 38.0 Å². The van der Waals surface area contributed by atoms with Gasteiger partial charge in [-0.3, -0.25) is 4.79 Å². The minimum Gasteiger partial charge on any atom is -0.478 e. The molecule has 1 N–H and O–H groups in total. The molecule has 1 amide bonds. The van der Waals surface area contributed by atoms with Crippen LogP contribution in [-0.4, -0.2) is 34.5 Å². The van der Waals surface area contributed by atoms with E-state index in [2.05, 4.69) is 0 Å². The molecule has 1 aliphatic heterocycles. The van der Waals surface area contributed by atoms with Gasteiger partial charge in [-0.15, -0.1) is 0 Å². The van der Waals surface area contributed by atoms with E-state index >= 15 is 0 Å². The van der Waals surface area contributed by atoms with Crippen LogP contribution in [0.2, 0.25) is 0 Å². The second kappa shape index (κ2) is 4.27. The molecule has 1 aromatic rings. The number of rotatable bonds is 3. The first-order valence-corrected chi connectivity index (χ1v) is 7.11. The molecule has 8 heteroatoms. The van der Waals surface area contributed by atoms with Gasteiger partial charge in [-0.25, -0.2) is 21.9 Å². The molecule has 0 aliphatic carbocycles. The van der Waals surface area contributed by atoms with Crippen LogP contribution in [0.1, 0.15) is 29.8 Å². The van der Waals surface area contributed by atoms with Crippen LogP contribution in [0.15, 0.2) is 18.2 Å². The quantitative estimate of drug-likeness (QED) is 0.898. The largest absolute Gasteiger partial charge is 0.478 e. The van der Waals surface area contributed by atoms with Crippen LogP contribution in [0.4, 0.5) is 4.39 Å². The Bertz CT molecular complexity index is 711. The van der Waals surface area contributed by atoms with Crippen LogP contribution in [0.25, 0.3) is 0 Å². The van der Waals surface area contributed by atoms with E-state index in [0.717, 1.165) is 12.1 Å². The lowest BCUT2D eigenvalue weighted by Gasteiger charge is -2.43. The third kappa shape index (κ3) is 1.87. The Kier molecular flexibility index (Phi) is 3.09. The number of halogens is 1. The zero-order valence-electron chi connectivity index (χ0n) is 10.8. The van der Waals surface area contributed by atoms with Crippen molar-refractivity contribution in [3.8, 4) is 0 Å². The fourth-order valence-corrected chi connectivity index (χ4v) is 3.42. The van der Waals surface area contributed by atoms with Gasteiger partial charge in [0.1, 0.15) is 5.82 Å². The zero-order valence-corrected chi connectivity index (χ0v) is 11.6. The van der Waals surface area contributed by atoms with Gasteiger partial charge in [0, 0.05) is 0 Å². The summed E-state index contributed by atoms with van der Waals surface area (Å²) in [6.07, 6.45) is 0. The molecular weight excluding hydrogens is 289 g/mol. The minimum absolute atomic E-state index is 0.208. The number of carboxylic acids is 1. The average molecular weight is 301 g/mol. The number of nitrogens with zero attached hydrogens (tertiary/aromatic N) is 1. The summed E-state index contributed by atoms with van der Waals surface area (Å²) in [4.78, 5) is 22.4. The van der Waals surface area contributed by atoms with E-state index in [1.807, 2.05) is 0 Å². The van der Waals surface area contributed by atoms with Gasteiger partial charge in [0.05, 0.1) is 12.1 Å². The van der Waals surface area contributed by atoms with Crippen LogP contribution >= 0.6 is 0 Å². The molecule has 1 fully saturated rings. The van der Waals surface area contributed by atoms with Crippen molar-refractivity contribution in [2.75, 3.05) is 0 Å². The van der Waals surface area contributed by atoms with Crippen LogP contribution in [0, 0.1) is 5.82 Å². The second-order valence-electron chi connectivity index (χ2n) is 4.95. The van der Waals surface area contributed by atoms with Crippen LogP contribution in [0.5, 0.6) is 0 Å². The average Bonchev–Trinajstić information content (AvgIpc) is 2.34. The van der Waals surface area contributed by atoms with Gasteiger partial charge in [0.2, 0.25) is 0 Å². The third-order valence-corrected chi connectivity index (χ3v) is 5.61. The Morgan fingerprint density at radius 2 is 2.00 bits per heavy atom. The van der Waals surface area contributed by atoms with Crippen LogP contribution in [0.3, 0.4) is 0 Å². The lowest BCUT2D eigenvalue weighted by molar-refractivity contribution is -0.132. The fraction of sp³-hybridized carbons (Fsp3) is 0.333. The molecular formula is C12H12FNO5S. The molecule has 0 unspecified atom stereocenters. The van der Waals surface area contributed by atoms with E-state index in [1.165, 1.54) is 19.9 Å². The minimum atomic E-state index is -3.74. The van der Waals surface area contributed by atoms with Gasteiger partial charge in [-0.2, -0.15) is 0 Å². The van der Waals surface area contributed by atoms with Gasteiger partial charge in [-0.1, -0.05) is 6.07 Å². The summed E-state index contributed by atoms with van der Waals surface area (Å²) in [5, 5.41) is 8.69. The molecule has 1 aromatic carbocycles. The molecule has 0 radical (unpaired) electrons. The summed E-state index contributed by atoms with van der Waals surface area (Å²) in [5.41, 5.74) is -0.299. The van der Waals surface area contributed by atoms with Crippen molar-refractivity contribution < 1.29 is 27.5 Å². The van der Waals surface area contributed by atoms with E-state index in [4.69, 9.17) is 5.11 Å². The lowest BCUT2D eigenvalue weighted by Crippen LogP contribution is -2.66. The Balaban J connectivity index is 2.27. The summed E-state index contributed by atoms with van der Waals surface area (Å²) >= 11 is 0. The normalized spacial score (nSPS) is 19.6. The van der Waals surface area contributed by atoms with Crippen molar-refractivity contribution in [2.45, 2.75) is 25.1 Å². The molecule has 0 atom stereocenters. The van der Waals surface area contributed by atoms with Crippen LogP contribution in [-0.2, 0) is 21.4 Å². The number of carbonyl (C=O) groups is 2. The SMILES string of the molecule is CC1(C)C(=O)N(Cc2ccc(C(=O)O)c(F)c2)S1(=O)=O. The zero-order chi connectivity index (χ0) is 15.3. The number of amides is 1. The predicted octanol–water partition coefficient (Wildman–Crippen LogP) is 0.975. The number of aromatic carboxylic acids is 1. The van der Waals surface area contributed by atoms with Gasteiger partial charge in [-0.05, 0) is 31.5 Å². The highest BCUT2D eigenvalue weighted by Crippen LogP contribution is 2.36. The molecule has 6 nitrogen and oxygen atoms in total. The van der Waals surface area contributed by atoms with Crippen molar-refractivity contribution in [3.63, 3.8) is 0 Å². The first kappa shape index (κ1) is 14.4. The number of hydrogen-bond donors (Lipinski definition) is 1. The number of sulfonamides is 1. The Morgan fingerprint density at radius 3 is 2.45 bits per heavy atom.